The molecular weight excluding hydrogens is 213 g/mol. The molecule has 1 aromatic rings. The SMILES string of the molecule is CC1(C)COB(c2cccc(C3CC3)n2)OC1. The molecule has 90 valence electrons. The first kappa shape index (κ1) is 11.2. The quantitative estimate of drug-likeness (QED) is 0.726. The summed E-state index contributed by atoms with van der Waals surface area (Å²) in [4.78, 5) is 4.66. The molecule has 2 heterocycles. The number of rotatable bonds is 2. The Morgan fingerprint density at radius 1 is 1.24 bits per heavy atom. The maximum absolute atomic E-state index is 5.75. The van der Waals surface area contributed by atoms with Crippen LogP contribution < -0.4 is 5.59 Å². The minimum Gasteiger partial charge on any atom is -0.406 e. The lowest BCUT2D eigenvalue weighted by molar-refractivity contribution is 0.0339. The lowest BCUT2D eigenvalue weighted by Gasteiger charge is -2.32. The van der Waals surface area contributed by atoms with E-state index in [1.807, 2.05) is 6.07 Å². The van der Waals surface area contributed by atoms with E-state index in [9.17, 15) is 0 Å². The van der Waals surface area contributed by atoms with Crippen LogP contribution in [0.3, 0.4) is 0 Å². The maximum Gasteiger partial charge on any atom is 0.513 e. The fraction of sp³-hybridized carbons (Fsp3) is 0.615. The summed E-state index contributed by atoms with van der Waals surface area (Å²) in [5.74, 6) is 0.676. The van der Waals surface area contributed by atoms with E-state index in [2.05, 4.69) is 31.0 Å². The average Bonchev–Trinajstić information content (AvgIpc) is 3.13. The van der Waals surface area contributed by atoms with Gasteiger partial charge < -0.3 is 9.31 Å². The van der Waals surface area contributed by atoms with Crippen LogP contribution in [0.25, 0.3) is 0 Å². The second-order valence-electron chi connectivity index (χ2n) is 5.88. The van der Waals surface area contributed by atoms with Gasteiger partial charge in [-0.3, -0.25) is 4.98 Å². The van der Waals surface area contributed by atoms with E-state index in [-0.39, 0.29) is 12.5 Å². The molecule has 0 radical (unpaired) electrons. The first-order chi connectivity index (χ1) is 8.14. The third-order valence-corrected chi connectivity index (χ3v) is 3.28. The van der Waals surface area contributed by atoms with Crippen molar-refractivity contribution in [3.05, 3.63) is 23.9 Å². The number of aromatic nitrogens is 1. The zero-order chi connectivity index (χ0) is 11.9. The summed E-state index contributed by atoms with van der Waals surface area (Å²) < 4.78 is 11.5. The highest BCUT2D eigenvalue weighted by atomic mass is 16.6. The Bertz CT molecular complexity index is 408. The largest absolute Gasteiger partial charge is 0.513 e. The Morgan fingerprint density at radius 2 is 1.94 bits per heavy atom. The van der Waals surface area contributed by atoms with Gasteiger partial charge in [0, 0.05) is 30.2 Å². The molecule has 1 aliphatic carbocycles. The molecule has 2 fully saturated rings. The molecule has 0 bridgehead atoms. The van der Waals surface area contributed by atoms with Gasteiger partial charge in [-0.1, -0.05) is 19.9 Å². The monoisotopic (exact) mass is 231 g/mol. The van der Waals surface area contributed by atoms with Gasteiger partial charge in [-0.25, -0.2) is 0 Å². The Labute approximate surface area is 103 Å². The van der Waals surface area contributed by atoms with Crippen molar-refractivity contribution in [2.75, 3.05) is 13.2 Å². The molecule has 0 amide bonds. The molecule has 0 unspecified atom stereocenters. The van der Waals surface area contributed by atoms with Crippen LogP contribution in [0.4, 0.5) is 0 Å². The third-order valence-electron chi connectivity index (χ3n) is 3.28. The minimum atomic E-state index is -0.276. The van der Waals surface area contributed by atoms with Crippen molar-refractivity contribution in [3.63, 3.8) is 0 Å². The summed E-state index contributed by atoms with van der Waals surface area (Å²) in [6.07, 6.45) is 2.55. The average molecular weight is 231 g/mol. The lowest BCUT2D eigenvalue weighted by Crippen LogP contribution is -2.48. The van der Waals surface area contributed by atoms with Crippen molar-refractivity contribution >= 4 is 12.7 Å². The van der Waals surface area contributed by atoms with Crippen molar-refractivity contribution in [3.8, 4) is 0 Å². The molecule has 4 heteroatoms. The van der Waals surface area contributed by atoms with E-state index in [4.69, 9.17) is 9.31 Å². The zero-order valence-corrected chi connectivity index (χ0v) is 10.5. The Hall–Kier alpha value is -0.865. The van der Waals surface area contributed by atoms with Gasteiger partial charge in [-0.2, -0.15) is 0 Å². The first-order valence-electron chi connectivity index (χ1n) is 6.34. The molecule has 0 atom stereocenters. The fourth-order valence-electron chi connectivity index (χ4n) is 2.07. The van der Waals surface area contributed by atoms with Crippen LogP contribution in [-0.4, -0.2) is 25.3 Å². The first-order valence-corrected chi connectivity index (χ1v) is 6.34. The van der Waals surface area contributed by atoms with Gasteiger partial charge in [0.2, 0.25) is 0 Å². The smallest absolute Gasteiger partial charge is 0.406 e. The molecule has 1 aromatic heterocycles. The van der Waals surface area contributed by atoms with Crippen LogP contribution in [0.5, 0.6) is 0 Å². The number of hydrogen-bond acceptors (Lipinski definition) is 3. The molecule has 1 aliphatic heterocycles. The van der Waals surface area contributed by atoms with E-state index >= 15 is 0 Å². The molecule has 0 N–H and O–H groups in total. The topological polar surface area (TPSA) is 31.4 Å². The van der Waals surface area contributed by atoms with Gasteiger partial charge in [-0.05, 0) is 25.0 Å². The summed E-state index contributed by atoms with van der Waals surface area (Å²) in [7, 11) is -0.276. The number of nitrogens with zero attached hydrogens (tertiary/aromatic N) is 1. The maximum atomic E-state index is 5.75. The van der Waals surface area contributed by atoms with Crippen LogP contribution in [0.2, 0.25) is 0 Å². The van der Waals surface area contributed by atoms with E-state index in [1.54, 1.807) is 0 Å². The molecule has 1 saturated carbocycles. The van der Waals surface area contributed by atoms with Gasteiger partial charge in [0.25, 0.3) is 0 Å². The standard InChI is InChI=1S/C13H18BNO2/c1-13(2)8-16-14(17-9-13)12-5-3-4-11(15-12)10-6-7-10/h3-5,10H,6-9H2,1-2H3. The summed E-state index contributed by atoms with van der Waals surface area (Å²) >= 11 is 0. The van der Waals surface area contributed by atoms with Gasteiger partial charge >= 0.3 is 7.12 Å². The van der Waals surface area contributed by atoms with Gasteiger partial charge in [-0.15, -0.1) is 0 Å². The second kappa shape index (κ2) is 4.11. The zero-order valence-electron chi connectivity index (χ0n) is 10.5. The molecule has 0 aromatic carbocycles. The van der Waals surface area contributed by atoms with Crippen molar-refractivity contribution in [2.45, 2.75) is 32.6 Å². The van der Waals surface area contributed by atoms with E-state index in [0.717, 1.165) is 18.8 Å². The van der Waals surface area contributed by atoms with Crippen LogP contribution in [0.1, 0.15) is 38.3 Å². The minimum absolute atomic E-state index is 0.116. The highest BCUT2D eigenvalue weighted by Gasteiger charge is 2.35. The fourth-order valence-corrected chi connectivity index (χ4v) is 2.07. The molecule has 17 heavy (non-hydrogen) atoms. The second-order valence-corrected chi connectivity index (χ2v) is 5.88. The van der Waals surface area contributed by atoms with Crippen molar-refractivity contribution in [2.24, 2.45) is 5.41 Å². The molecule has 3 nitrogen and oxygen atoms in total. The molecular formula is C13H18BNO2. The summed E-state index contributed by atoms with van der Waals surface area (Å²) in [6, 6.07) is 6.16. The Balaban J connectivity index is 1.73. The Morgan fingerprint density at radius 3 is 2.59 bits per heavy atom. The third kappa shape index (κ3) is 2.53. The van der Waals surface area contributed by atoms with Crippen molar-refractivity contribution in [1.82, 2.24) is 4.98 Å². The van der Waals surface area contributed by atoms with E-state index in [1.165, 1.54) is 18.5 Å². The normalized spacial score (nSPS) is 23.8. The van der Waals surface area contributed by atoms with Crippen LogP contribution in [0.15, 0.2) is 18.2 Å². The highest BCUT2D eigenvalue weighted by Crippen LogP contribution is 2.38. The predicted octanol–water partition coefficient (Wildman–Crippen LogP) is 1.73. The van der Waals surface area contributed by atoms with E-state index < -0.39 is 0 Å². The van der Waals surface area contributed by atoms with Gasteiger partial charge in [0.1, 0.15) is 0 Å². The molecule has 3 rings (SSSR count). The lowest BCUT2D eigenvalue weighted by atomic mass is 9.79. The summed E-state index contributed by atoms with van der Waals surface area (Å²) in [6.45, 7) is 5.76. The van der Waals surface area contributed by atoms with Gasteiger partial charge in [0.15, 0.2) is 0 Å². The molecule has 2 aliphatic rings. The predicted molar refractivity (Wildman–Crippen MR) is 67.3 cm³/mol. The van der Waals surface area contributed by atoms with Crippen molar-refractivity contribution in [1.29, 1.82) is 0 Å². The summed E-state index contributed by atoms with van der Waals surface area (Å²) in [5.41, 5.74) is 2.23. The molecule has 1 saturated heterocycles. The Kier molecular flexibility index (Phi) is 2.71. The van der Waals surface area contributed by atoms with Gasteiger partial charge in [0.05, 0.1) is 5.59 Å². The van der Waals surface area contributed by atoms with Crippen molar-refractivity contribution < 1.29 is 9.31 Å². The van der Waals surface area contributed by atoms with Crippen LogP contribution in [0, 0.1) is 5.41 Å². The molecule has 0 spiro atoms. The summed E-state index contributed by atoms with van der Waals surface area (Å²) in [5, 5.41) is 0. The highest BCUT2D eigenvalue weighted by molar-refractivity contribution is 6.60. The van der Waals surface area contributed by atoms with E-state index in [0.29, 0.717) is 5.92 Å². The van der Waals surface area contributed by atoms with Crippen LogP contribution >= 0.6 is 0 Å². The number of pyridine rings is 1. The van der Waals surface area contributed by atoms with Crippen LogP contribution in [-0.2, 0) is 9.31 Å². The number of hydrogen-bond donors (Lipinski definition) is 0.